The number of para-hydroxylation sites is 2. The first kappa shape index (κ1) is 12.4. The van der Waals surface area contributed by atoms with Crippen molar-refractivity contribution in [3.63, 3.8) is 0 Å². The Bertz CT molecular complexity index is 634. The number of fused-ring (bicyclic) bond motifs is 1. The van der Waals surface area contributed by atoms with Crippen molar-refractivity contribution in [2.24, 2.45) is 0 Å². The van der Waals surface area contributed by atoms with Crippen LogP contribution in [0.15, 0.2) is 29.1 Å². The maximum Gasteiger partial charge on any atom is 0.439 e. The van der Waals surface area contributed by atoms with Gasteiger partial charge in [0.05, 0.1) is 5.52 Å². The van der Waals surface area contributed by atoms with Gasteiger partial charge in [-0.25, -0.2) is 4.98 Å². The van der Waals surface area contributed by atoms with E-state index in [1.807, 2.05) is 0 Å². The summed E-state index contributed by atoms with van der Waals surface area (Å²) in [6.45, 7) is 1.65. The van der Waals surface area contributed by atoms with Gasteiger partial charge in [-0.2, -0.15) is 13.2 Å². The maximum atomic E-state index is 12.7. The van der Waals surface area contributed by atoms with Gasteiger partial charge in [-0.05, 0) is 19.1 Å². The topological polar surface area (TPSA) is 44.1 Å². The monoisotopic (exact) mass is 258 g/mol. The molecular formula is C11H9F3N2O2. The highest BCUT2D eigenvalue weighted by atomic mass is 19.4. The highest BCUT2D eigenvalue weighted by molar-refractivity contribution is 5.74. The number of hydrogen-bond donors (Lipinski definition) is 0. The second-order valence-electron chi connectivity index (χ2n) is 3.46. The molecule has 0 bridgehead atoms. The van der Waals surface area contributed by atoms with Crippen LogP contribution in [0.5, 0.6) is 0 Å². The summed E-state index contributed by atoms with van der Waals surface area (Å²) in [6, 6.07) is 5.99. The number of aromatic nitrogens is 2. The molecule has 96 valence electrons. The number of rotatable bonds is 2. The van der Waals surface area contributed by atoms with Crippen molar-refractivity contribution in [3.8, 4) is 0 Å². The average molecular weight is 258 g/mol. The fourth-order valence-electron chi connectivity index (χ4n) is 1.55. The maximum absolute atomic E-state index is 12.7. The molecule has 2 rings (SSSR count). The molecule has 0 unspecified atom stereocenters. The third-order valence-corrected chi connectivity index (χ3v) is 2.25. The van der Waals surface area contributed by atoms with Crippen LogP contribution in [0.1, 0.15) is 12.6 Å². The minimum atomic E-state index is -4.81. The Balaban J connectivity index is 2.84. The second kappa shape index (κ2) is 4.32. The van der Waals surface area contributed by atoms with E-state index in [2.05, 4.69) is 4.98 Å². The number of nitrogens with zero attached hydrogens (tertiary/aromatic N) is 2. The first-order valence-corrected chi connectivity index (χ1v) is 5.17. The van der Waals surface area contributed by atoms with E-state index in [4.69, 9.17) is 4.84 Å². The van der Waals surface area contributed by atoms with E-state index in [1.54, 1.807) is 13.0 Å². The summed E-state index contributed by atoms with van der Waals surface area (Å²) in [5.74, 6) is 0. The molecule has 0 saturated heterocycles. The second-order valence-corrected chi connectivity index (χ2v) is 3.46. The van der Waals surface area contributed by atoms with Gasteiger partial charge in [0.15, 0.2) is 0 Å². The van der Waals surface area contributed by atoms with Crippen LogP contribution in [-0.4, -0.2) is 16.3 Å². The minimum Gasteiger partial charge on any atom is -0.410 e. The fraction of sp³-hybridized carbons (Fsp3) is 0.273. The molecule has 1 aromatic heterocycles. The van der Waals surface area contributed by atoms with Crippen LogP contribution in [0, 0.1) is 0 Å². The molecule has 0 N–H and O–H groups in total. The van der Waals surface area contributed by atoms with Crippen molar-refractivity contribution in [1.29, 1.82) is 0 Å². The van der Waals surface area contributed by atoms with Gasteiger partial charge >= 0.3 is 11.7 Å². The van der Waals surface area contributed by atoms with E-state index < -0.39 is 17.4 Å². The molecule has 2 aromatic rings. The molecule has 0 aliphatic carbocycles. The molecule has 1 aromatic carbocycles. The quantitative estimate of drug-likeness (QED) is 0.825. The first-order valence-electron chi connectivity index (χ1n) is 5.17. The smallest absolute Gasteiger partial charge is 0.410 e. The minimum absolute atomic E-state index is 0.0536. The molecule has 0 amide bonds. The molecule has 7 heteroatoms. The highest BCUT2D eigenvalue weighted by Gasteiger charge is 2.37. The standard InChI is InChI=1S/C11H9F3N2O2/c1-2-18-16-8-6-4-3-5-7(8)15-9(10(16)17)11(12,13)14/h3-6H,2H2,1H3. The molecule has 0 aliphatic heterocycles. The summed E-state index contributed by atoms with van der Waals surface area (Å²) in [4.78, 5) is 20.0. The van der Waals surface area contributed by atoms with Crippen molar-refractivity contribution in [1.82, 2.24) is 9.71 Å². The van der Waals surface area contributed by atoms with E-state index in [9.17, 15) is 18.0 Å². The van der Waals surface area contributed by atoms with Gasteiger partial charge in [0.2, 0.25) is 5.69 Å². The molecule has 4 nitrogen and oxygen atoms in total. The summed E-state index contributed by atoms with van der Waals surface area (Å²) in [5.41, 5.74) is -2.52. The van der Waals surface area contributed by atoms with Crippen LogP contribution in [0.4, 0.5) is 13.2 Å². The summed E-state index contributed by atoms with van der Waals surface area (Å²) in [5, 5.41) is 0. The predicted octanol–water partition coefficient (Wildman–Crippen LogP) is 1.86. The SMILES string of the molecule is CCOn1c(=O)c(C(F)(F)F)nc2ccccc21. The predicted molar refractivity (Wildman–Crippen MR) is 58.1 cm³/mol. The fourth-order valence-corrected chi connectivity index (χ4v) is 1.55. The molecule has 0 saturated carbocycles. The molecule has 0 spiro atoms. The van der Waals surface area contributed by atoms with Crippen LogP contribution < -0.4 is 10.4 Å². The third-order valence-electron chi connectivity index (χ3n) is 2.25. The van der Waals surface area contributed by atoms with Gasteiger partial charge in [0, 0.05) is 0 Å². The van der Waals surface area contributed by atoms with Crippen molar-refractivity contribution in [3.05, 3.63) is 40.3 Å². The van der Waals surface area contributed by atoms with Gasteiger partial charge < -0.3 is 4.84 Å². The lowest BCUT2D eigenvalue weighted by molar-refractivity contribution is -0.143. The lowest BCUT2D eigenvalue weighted by Gasteiger charge is -2.12. The molecule has 0 fully saturated rings. The molecule has 18 heavy (non-hydrogen) atoms. The normalized spacial score (nSPS) is 11.8. The van der Waals surface area contributed by atoms with E-state index in [-0.39, 0.29) is 17.6 Å². The van der Waals surface area contributed by atoms with Crippen LogP contribution in [0.25, 0.3) is 11.0 Å². The van der Waals surface area contributed by atoms with Crippen molar-refractivity contribution >= 4 is 11.0 Å². The van der Waals surface area contributed by atoms with Gasteiger partial charge in [-0.3, -0.25) is 4.79 Å². The van der Waals surface area contributed by atoms with Crippen molar-refractivity contribution in [2.75, 3.05) is 6.61 Å². The molecule has 0 radical (unpaired) electrons. The zero-order valence-electron chi connectivity index (χ0n) is 9.36. The number of halogens is 3. The van der Waals surface area contributed by atoms with E-state index in [0.717, 1.165) is 0 Å². The Kier molecular flexibility index (Phi) is 2.98. The first-order chi connectivity index (χ1) is 8.45. The highest BCUT2D eigenvalue weighted by Crippen LogP contribution is 2.26. The van der Waals surface area contributed by atoms with E-state index >= 15 is 0 Å². The number of hydrogen-bond acceptors (Lipinski definition) is 3. The third kappa shape index (κ3) is 2.03. The van der Waals surface area contributed by atoms with E-state index in [0.29, 0.717) is 4.73 Å². The lowest BCUT2D eigenvalue weighted by atomic mass is 10.3. The molecule has 1 heterocycles. The zero-order chi connectivity index (χ0) is 13.3. The van der Waals surface area contributed by atoms with Crippen LogP contribution >= 0.6 is 0 Å². The Morgan fingerprint density at radius 1 is 1.33 bits per heavy atom. The number of benzene rings is 1. The van der Waals surface area contributed by atoms with Gasteiger partial charge in [-0.1, -0.05) is 12.1 Å². The van der Waals surface area contributed by atoms with Gasteiger partial charge in [0.25, 0.3) is 0 Å². The largest absolute Gasteiger partial charge is 0.439 e. The molecular weight excluding hydrogens is 249 g/mol. The zero-order valence-corrected chi connectivity index (χ0v) is 9.36. The Morgan fingerprint density at radius 2 is 2.00 bits per heavy atom. The molecule has 0 atom stereocenters. The Morgan fingerprint density at radius 3 is 2.61 bits per heavy atom. The lowest BCUT2D eigenvalue weighted by Crippen LogP contribution is -2.34. The summed E-state index contributed by atoms with van der Waals surface area (Å²) in [7, 11) is 0. The van der Waals surface area contributed by atoms with Crippen LogP contribution in [0.2, 0.25) is 0 Å². The van der Waals surface area contributed by atoms with Crippen molar-refractivity contribution < 1.29 is 18.0 Å². The molecule has 0 aliphatic rings. The Hall–Kier alpha value is -2.05. The Labute approximate surface area is 99.6 Å². The summed E-state index contributed by atoms with van der Waals surface area (Å²) in [6.07, 6.45) is -4.81. The number of alkyl halides is 3. The van der Waals surface area contributed by atoms with Crippen molar-refractivity contribution in [2.45, 2.75) is 13.1 Å². The summed E-state index contributed by atoms with van der Waals surface area (Å²) < 4.78 is 38.6. The van der Waals surface area contributed by atoms with Gasteiger partial charge in [0.1, 0.15) is 12.1 Å². The van der Waals surface area contributed by atoms with Gasteiger partial charge in [-0.15, -0.1) is 4.73 Å². The van der Waals surface area contributed by atoms with Crippen LogP contribution in [0.3, 0.4) is 0 Å². The average Bonchev–Trinajstić information content (AvgIpc) is 2.31. The summed E-state index contributed by atoms with van der Waals surface area (Å²) >= 11 is 0. The van der Waals surface area contributed by atoms with E-state index in [1.165, 1.54) is 18.2 Å². The van der Waals surface area contributed by atoms with Crippen LogP contribution in [-0.2, 0) is 6.18 Å².